The number of phenols is 1. The molecule has 24 heavy (non-hydrogen) atoms. The highest BCUT2D eigenvalue weighted by molar-refractivity contribution is 5.76. The van der Waals surface area contributed by atoms with E-state index in [0.717, 1.165) is 30.9 Å². The zero-order valence-corrected chi connectivity index (χ0v) is 14.1. The topological polar surface area (TPSA) is 58.6 Å². The predicted molar refractivity (Wildman–Crippen MR) is 91.7 cm³/mol. The summed E-state index contributed by atoms with van der Waals surface area (Å²) in [5.74, 6) is 2.24. The van der Waals surface area contributed by atoms with Crippen molar-refractivity contribution in [2.24, 2.45) is 17.8 Å². The molecule has 1 amide bonds. The SMILES string of the molecule is O=C(CCc1ccc(O)cc1)N[C@H]1[C@@H]2CCO[C@@H]2[C@@H]1C1CCCC1. The number of aromatic hydroxyl groups is 1. The maximum Gasteiger partial charge on any atom is 0.220 e. The number of amides is 1. The van der Waals surface area contributed by atoms with Gasteiger partial charge in [0.1, 0.15) is 5.75 Å². The van der Waals surface area contributed by atoms with Crippen LogP contribution in [0, 0.1) is 17.8 Å². The van der Waals surface area contributed by atoms with Gasteiger partial charge in [0.05, 0.1) is 6.10 Å². The van der Waals surface area contributed by atoms with Gasteiger partial charge in [0, 0.05) is 30.9 Å². The first kappa shape index (κ1) is 15.9. The van der Waals surface area contributed by atoms with Gasteiger partial charge in [-0.1, -0.05) is 37.8 Å². The van der Waals surface area contributed by atoms with Gasteiger partial charge >= 0.3 is 0 Å². The number of carbonyl (C=O) groups excluding carboxylic acids is 1. The van der Waals surface area contributed by atoms with Crippen molar-refractivity contribution in [3.63, 3.8) is 0 Å². The number of phenolic OH excluding ortho intramolecular Hbond substituents is 1. The van der Waals surface area contributed by atoms with Crippen molar-refractivity contribution in [2.75, 3.05) is 6.61 Å². The van der Waals surface area contributed by atoms with Crippen molar-refractivity contribution in [3.05, 3.63) is 29.8 Å². The molecule has 4 rings (SSSR count). The minimum absolute atomic E-state index is 0.154. The third-order valence-corrected chi connectivity index (χ3v) is 6.29. The molecule has 0 bridgehead atoms. The second-order valence-corrected chi connectivity index (χ2v) is 7.67. The summed E-state index contributed by atoms with van der Waals surface area (Å²) in [6.45, 7) is 0.860. The van der Waals surface area contributed by atoms with Crippen molar-refractivity contribution in [1.29, 1.82) is 0 Å². The number of nitrogens with one attached hydrogen (secondary N) is 1. The minimum Gasteiger partial charge on any atom is -0.508 e. The van der Waals surface area contributed by atoms with E-state index < -0.39 is 0 Å². The first-order valence-corrected chi connectivity index (χ1v) is 9.41. The van der Waals surface area contributed by atoms with Crippen LogP contribution in [0.15, 0.2) is 24.3 Å². The van der Waals surface area contributed by atoms with Gasteiger partial charge in [-0.15, -0.1) is 0 Å². The van der Waals surface area contributed by atoms with Crippen molar-refractivity contribution in [3.8, 4) is 5.75 Å². The lowest BCUT2D eigenvalue weighted by molar-refractivity contribution is -0.129. The highest BCUT2D eigenvalue weighted by Crippen LogP contribution is 2.51. The Morgan fingerprint density at radius 1 is 1.17 bits per heavy atom. The van der Waals surface area contributed by atoms with Crippen LogP contribution < -0.4 is 5.32 Å². The van der Waals surface area contributed by atoms with Crippen molar-refractivity contribution >= 4 is 5.91 Å². The molecule has 2 aliphatic carbocycles. The summed E-state index contributed by atoms with van der Waals surface area (Å²) in [5, 5.41) is 12.6. The molecular formula is C20H27NO3. The summed E-state index contributed by atoms with van der Waals surface area (Å²) >= 11 is 0. The monoisotopic (exact) mass is 329 g/mol. The molecule has 130 valence electrons. The van der Waals surface area contributed by atoms with E-state index >= 15 is 0 Å². The van der Waals surface area contributed by atoms with E-state index in [1.807, 2.05) is 12.1 Å². The van der Waals surface area contributed by atoms with Crippen molar-refractivity contribution in [1.82, 2.24) is 5.32 Å². The molecule has 2 N–H and O–H groups in total. The van der Waals surface area contributed by atoms with E-state index in [9.17, 15) is 9.90 Å². The van der Waals surface area contributed by atoms with Crippen LogP contribution in [-0.4, -0.2) is 29.8 Å². The quantitative estimate of drug-likeness (QED) is 0.873. The van der Waals surface area contributed by atoms with Gasteiger partial charge < -0.3 is 15.2 Å². The minimum atomic E-state index is 0.154. The molecule has 4 heteroatoms. The van der Waals surface area contributed by atoms with Gasteiger partial charge in [-0.05, 0) is 36.5 Å². The van der Waals surface area contributed by atoms with Crippen LogP contribution in [0.4, 0.5) is 0 Å². The largest absolute Gasteiger partial charge is 0.508 e. The Labute approximate surface area is 143 Å². The number of aryl methyl sites for hydroxylation is 1. The van der Waals surface area contributed by atoms with Crippen LogP contribution in [0.2, 0.25) is 0 Å². The molecular weight excluding hydrogens is 302 g/mol. The summed E-state index contributed by atoms with van der Waals surface area (Å²) in [6.07, 6.45) is 8.00. The number of ether oxygens (including phenoxy) is 1. The van der Waals surface area contributed by atoms with Crippen LogP contribution >= 0.6 is 0 Å². The second-order valence-electron chi connectivity index (χ2n) is 7.67. The normalized spacial score (nSPS) is 32.3. The smallest absolute Gasteiger partial charge is 0.220 e. The third kappa shape index (κ3) is 3.04. The molecule has 4 atom stereocenters. The van der Waals surface area contributed by atoms with Gasteiger partial charge in [-0.25, -0.2) is 0 Å². The van der Waals surface area contributed by atoms with Gasteiger partial charge in [0.25, 0.3) is 0 Å². The summed E-state index contributed by atoms with van der Waals surface area (Å²) in [4.78, 5) is 12.4. The van der Waals surface area contributed by atoms with Gasteiger partial charge in [0.2, 0.25) is 5.91 Å². The summed E-state index contributed by atoms with van der Waals surface area (Å²) in [7, 11) is 0. The van der Waals surface area contributed by atoms with Gasteiger partial charge in [-0.2, -0.15) is 0 Å². The molecule has 0 unspecified atom stereocenters. The summed E-state index contributed by atoms with van der Waals surface area (Å²) < 4.78 is 5.95. The molecule has 1 aliphatic heterocycles. The number of fused-ring (bicyclic) bond motifs is 1. The fourth-order valence-corrected chi connectivity index (χ4v) is 5.04. The average molecular weight is 329 g/mol. The predicted octanol–water partition coefficient (Wildman–Crippen LogP) is 3.03. The van der Waals surface area contributed by atoms with E-state index in [-0.39, 0.29) is 11.7 Å². The van der Waals surface area contributed by atoms with E-state index in [1.165, 1.54) is 25.7 Å². The first-order valence-electron chi connectivity index (χ1n) is 9.41. The number of benzene rings is 1. The molecule has 0 radical (unpaired) electrons. The van der Waals surface area contributed by atoms with Crippen molar-refractivity contribution in [2.45, 2.75) is 57.1 Å². The Kier molecular flexibility index (Phi) is 4.49. The van der Waals surface area contributed by atoms with Crippen molar-refractivity contribution < 1.29 is 14.6 Å². The number of hydrogen-bond donors (Lipinski definition) is 2. The molecule has 1 saturated heterocycles. The van der Waals surface area contributed by atoms with Crippen LogP contribution in [0.1, 0.15) is 44.1 Å². The summed E-state index contributed by atoms with van der Waals surface area (Å²) in [6, 6.07) is 7.45. The third-order valence-electron chi connectivity index (χ3n) is 6.29. The van der Waals surface area contributed by atoms with Crippen LogP contribution in [0.3, 0.4) is 0 Å². The van der Waals surface area contributed by atoms with E-state index in [2.05, 4.69) is 5.32 Å². The second kappa shape index (κ2) is 6.75. The Balaban J connectivity index is 1.33. The van der Waals surface area contributed by atoms with Crippen LogP contribution in [0.25, 0.3) is 0 Å². The molecule has 0 aromatic heterocycles. The standard InChI is InChI=1S/C20H27NO3/c22-15-8-5-13(6-9-15)7-10-17(23)21-19-16-11-12-24-20(16)18(19)14-3-1-2-4-14/h5-6,8-9,14,16,18-20,22H,1-4,7,10-12H2,(H,21,23)/t16-,18+,19-,20-/m0/s1. The fourth-order valence-electron chi connectivity index (χ4n) is 5.04. The molecule has 2 saturated carbocycles. The van der Waals surface area contributed by atoms with Gasteiger partial charge in [0.15, 0.2) is 0 Å². The van der Waals surface area contributed by atoms with Crippen LogP contribution in [-0.2, 0) is 16.0 Å². The molecule has 4 nitrogen and oxygen atoms in total. The molecule has 3 fully saturated rings. The lowest BCUT2D eigenvalue weighted by atomic mass is 9.61. The van der Waals surface area contributed by atoms with E-state index in [0.29, 0.717) is 30.4 Å². The lowest BCUT2D eigenvalue weighted by Gasteiger charge is -2.50. The van der Waals surface area contributed by atoms with Gasteiger partial charge in [-0.3, -0.25) is 4.79 Å². The zero-order chi connectivity index (χ0) is 16.5. The number of carbonyl (C=O) groups is 1. The highest BCUT2D eigenvalue weighted by atomic mass is 16.5. The molecule has 3 aliphatic rings. The zero-order valence-electron chi connectivity index (χ0n) is 14.1. The maximum atomic E-state index is 12.4. The van der Waals surface area contributed by atoms with E-state index in [1.54, 1.807) is 12.1 Å². The molecule has 1 aromatic carbocycles. The molecule has 1 aromatic rings. The molecule has 1 heterocycles. The maximum absolute atomic E-state index is 12.4. The Bertz CT molecular complexity index is 574. The number of hydrogen-bond acceptors (Lipinski definition) is 3. The lowest BCUT2D eigenvalue weighted by Crippen LogP contribution is -2.63. The first-order chi connectivity index (χ1) is 11.7. The number of rotatable bonds is 5. The highest BCUT2D eigenvalue weighted by Gasteiger charge is 2.56. The van der Waals surface area contributed by atoms with E-state index in [4.69, 9.17) is 4.74 Å². The van der Waals surface area contributed by atoms with Crippen LogP contribution in [0.5, 0.6) is 5.75 Å². The Morgan fingerprint density at radius 2 is 1.92 bits per heavy atom. The fraction of sp³-hybridized carbons (Fsp3) is 0.650. The molecule has 0 spiro atoms. The Morgan fingerprint density at radius 3 is 2.67 bits per heavy atom. The summed E-state index contributed by atoms with van der Waals surface area (Å²) in [5.41, 5.74) is 1.09. The Hall–Kier alpha value is -1.55. The average Bonchev–Trinajstić information content (AvgIpc) is 3.23.